The number of urea groups is 1. The van der Waals surface area contributed by atoms with Crippen molar-refractivity contribution in [2.24, 2.45) is 0 Å². The Labute approximate surface area is 133 Å². The number of hydrogen-bond acceptors (Lipinski definition) is 3. The fourth-order valence-electron chi connectivity index (χ4n) is 1.48. The predicted octanol–water partition coefficient (Wildman–Crippen LogP) is 4.26. The van der Waals surface area contributed by atoms with Crippen molar-refractivity contribution in [2.45, 2.75) is 13.8 Å². The van der Waals surface area contributed by atoms with E-state index in [4.69, 9.17) is 0 Å². The molecule has 5 nitrogen and oxygen atoms in total. The third kappa shape index (κ3) is 3.77. The molecule has 2 N–H and O–H groups in total. The molecule has 2 amide bonds. The number of aromatic nitrogens is 2. The van der Waals surface area contributed by atoms with Crippen LogP contribution < -0.4 is 10.6 Å². The Hall–Kier alpha value is -1.47. The first-order chi connectivity index (χ1) is 9.45. The number of pyridine rings is 2. The molecule has 2 heterocycles. The van der Waals surface area contributed by atoms with E-state index >= 15 is 0 Å². The number of carbonyl (C=O) groups excluding carboxylic acids is 1. The first-order valence-corrected chi connectivity index (χ1v) is 7.36. The van der Waals surface area contributed by atoms with Crippen LogP contribution in [0, 0.1) is 13.8 Å². The van der Waals surface area contributed by atoms with E-state index in [-0.39, 0.29) is 6.03 Å². The number of rotatable bonds is 2. The number of anilines is 2. The maximum atomic E-state index is 11.8. The van der Waals surface area contributed by atoms with Crippen LogP contribution in [0.15, 0.2) is 33.5 Å². The van der Waals surface area contributed by atoms with Gasteiger partial charge in [-0.1, -0.05) is 0 Å². The van der Waals surface area contributed by atoms with E-state index in [1.807, 2.05) is 13.8 Å². The molecule has 0 aliphatic rings. The molecular formula is C13H12Br2N4O. The third-order valence-electron chi connectivity index (χ3n) is 2.58. The second-order valence-electron chi connectivity index (χ2n) is 4.22. The van der Waals surface area contributed by atoms with Gasteiger partial charge in [0, 0.05) is 21.3 Å². The second kappa shape index (κ2) is 6.32. The summed E-state index contributed by atoms with van der Waals surface area (Å²) < 4.78 is 1.79. The SMILES string of the molecule is Cc1cc(NC(=O)Nc2cc(C)c(Br)cn2)ncc1Br. The Balaban J connectivity index is 2.04. The fraction of sp³-hybridized carbons (Fsp3) is 0.154. The highest BCUT2D eigenvalue weighted by Gasteiger charge is 2.06. The summed E-state index contributed by atoms with van der Waals surface area (Å²) in [6.07, 6.45) is 3.29. The standard InChI is InChI=1S/C13H12Br2N4O/c1-7-3-11(16-5-9(7)14)18-13(20)19-12-4-8(2)10(15)6-17-12/h3-6H,1-2H3,(H2,16,17,18,19,20). The normalized spacial score (nSPS) is 10.2. The van der Waals surface area contributed by atoms with Gasteiger partial charge in [0.2, 0.25) is 0 Å². The van der Waals surface area contributed by atoms with Crippen LogP contribution in [-0.4, -0.2) is 16.0 Å². The van der Waals surface area contributed by atoms with Crippen molar-refractivity contribution in [3.8, 4) is 0 Å². The maximum absolute atomic E-state index is 11.8. The van der Waals surface area contributed by atoms with Gasteiger partial charge in [-0.3, -0.25) is 10.6 Å². The van der Waals surface area contributed by atoms with Gasteiger partial charge in [-0.2, -0.15) is 0 Å². The minimum atomic E-state index is -0.381. The molecule has 0 saturated heterocycles. The van der Waals surface area contributed by atoms with Crippen LogP contribution in [0.5, 0.6) is 0 Å². The molecule has 0 saturated carbocycles. The van der Waals surface area contributed by atoms with E-state index in [9.17, 15) is 4.79 Å². The van der Waals surface area contributed by atoms with Gasteiger partial charge in [-0.15, -0.1) is 0 Å². The van der Waals surface area contributed by atoms with Crippen LogP contribution in [-0.2, 0) is 0 Å². The third-order valence-corrected chi connectivity index (χ3v) is 4.24. The highest BCUT2D eigenvalue weighted by atomic mass is 79.9. The monoisotopic (exact) mass is 398 g/mol. The summed E-state index contributed by atoms with van der Waals surface area (Å²) >= 11 is 6.72. The molecule has 0 aromatic carbocycles. The largest absolute Gasteiger partial charge is 0.326 e. The van der Waals surface area contributed by atoms with Gasteiger partial charge < -0.3 is 0 Å². The van der Waals surface area contributed by atoms with Crippen LogP contribution in [0.2, 0.25) is 0 Å². The minimum absolute atomic E-state index is 0.381. The number of nitrogens with one attached hydrogen (secondary N) is 2. The first kappa shape index (κ1) is 14.9. The Morgan fingerprint density at radius 1 is 0.950 bits per heavy atom. The molecule has 104 valence electrons. The number of halogens is 2. The molecule has 2 aromatic heterocycles. The molecule has 7 heteroatoms. The first-order valence-electron chi connectivity index (χ1n) is 5.78. The lowest BCUT2D eigenvalue weighted by atomic mass is 10.3. The molecule has 0 unspecified atom stereocenters. The molecular weight excluding hydrogens is 388 g/mol. The molecule has 0 atom stereocenters. The van der Waals surface area contributed by atoms with E-state index in [0.29, 0.717) is 11.6 Å². The molecule has 0 aliphatic heterocycles. The fourth-order valence-corrected chi connectivity index (χ4v) is 1.91. The van der Waals surface area contributed by atoms with Crippen molar-refractivity contribution in [3.63, 3.8) is 0 Å². The Morgan fingerprint density at radius 3 is 1.70 bits per heavy atom. The zero-order chi connectivity index (χ0) is 14.7. The molecule has 0 fully saturated rings. The van der Waals surface area contributed by atoms with E-state index in [1.54, 1.807) is 24.5 Å². The lowest BCUT2D eigenvalue weighted by molar-refractivity contribution is 0.262. The van der Waals surface area contributed by atoms with Crippen molar-refractivity contribution in [1.29, 1.82) is 0 Å². The smallest absolute Gasteiger partial charge is 0.292 e. The molecule has 0 spiro atoms. The van der Waals surface area contributed by atoms with Gasteiger partial charge in [-0.25, -0.2) is 14.8 Å². The lowest BCUT2D eigenvalue weighted by Crippen LogP contribution is -2.20. The molecule has 2 aromatic rings. The highest BCUT2D eigenvalue weighted by molar-refractivity contribution is 9.10. The van der Waals surface area contributed by atoms with Crippen molar-refractivity contribution >= 4 is 49.5 Å². The van der Waals surface area contributed by atoms with Crippen LogP contribution in [0.4, 0.5) is 16.4 Å². The van der Waals surface area contributed by atoms with Crippen LogP contribution >= 0.6 is 31.9 Å². The van der Waals surface area contributed by atoms with Gasteiger partial charge >= 0.3 is 6.03 Å². The number of amides is 2. The van der Waals surface area contributed by atoms with E-state index in [2.05, 4.69) is 52.5 Å². The van der Waals surface area contributed by atoms with Crippen LogP contribution in [0.25, 0.3) is 0 Å². The zero-order valence-electron chi connectivity index (χ0n) is 10.9. The summed E-state index contributed by atoms with van der Waals surface area (Å²) in [5, 5.41) is 5.32. The molecule has 0 bridgehead atoms. The summed E-state index contributed by atoms with van der Waals surface area (Å²) in [7, 11) is 0. The molecule has 0 radical (unpaired) electrons. The van der Waals surface area contributed by atoms with E-state index in [1.165, 1.54) is 0 Å². The topological polar surface area (TPSA) is 66.9 Å². The Bertz CT molecular complexity index is 605. The molecule has 20 heavy (non-hydrogen) atoms. The lowest BCUT2D eigenvalue weighted by Gasteiger charge is -2.08. The summed E-state index contributed by atoms with van der Waals surface area (Å²) in [6.45, 7) is 3.85. The number of nitrogens with zero attached hydrogens (tertiary/aromatic N) is 2. The maximum Gasteiger partial charge on any atom is 0.326 e. The summed E-state index contributed by atoms with van der Waals surface area (Å²) in [5.41, 5.74) is 1.99. The van der Waals surface area contributed by atoms with Crippen LogP contribution in [0.3, 0.4) is 0 Å². The van der Waals surface area contributed by atoms with Gasteiger partial charge in [0.15, 0.2) is 0 Å². The van der Waals surface area contributed by atoms with E-state index in [0.717, 1.165) is 20.1 Å². The quantitative estimate of drug-likeness (QED) is 0.792. The number of hydrogen-bond donors (Lipinski definition) is 2. The van der Waals surface area contributed by atoms with E-state index < -0.39 is 0 Å². The molecule has 2 rings (SSSR count). The van der Waals surface area contributed by atoms with Crippen molar-refractivity contribution in [2.75, 3.05) is 10.6 Å². The van der Waals surface area contributed by atoms with Gasteiger partial charge in [0.05, 0.1) is 0 Å². The van der Waals surface area contributed by atoms with Gasteiger partial charge in [0.1, 0.15) is 11.6 Å². The predicted molar refractivity (Wildman–Crippen MR) is 86.0 cm³/mol. The van der Waals surface area contributed by atoms with Crippen molar-refractivity contribution in [3.05, 3.63) is 44.6 Å². The van der Waals surface area contributed by atoms with Crippen molar-refractivity contribution in [1.82, 2.24) is 9.97 Å². The average Bonchev–Trinajstić information content (AvgIpc) is 2.38. The Kier molecular flexibility index (Phi) is 4.72. The molecule has 0 aliphatic carbocycles. The summed E-state index contributed by atoms with van der Waals surface area (Å²) in [4.78, 5) is 20.1. The number of aryl methyl sites for hydroxylation is 2. The van der Waals surface area contributed by atoms with Gasteiger partial charge in [-0.05, 0) is 69.0 Å². The van der Waals surface area contributed by atoms with Gasteiger partial charge in [0.25, 0.3) is 0 Å². The second-order valence-corrected chi connectivity index (χ2v) is 5.93. The zero-order valence-corrected chi connectivity index (χ0v) is 14.0. The van der Waals surface area contributed by atoms with Crippen LogP contribution in [0.1, 0.15) is 11.1 Å². The average molecular weight is 400 g/mol. The van der Waals surface area contributed by atoms with Crippen molar-refractivity contribution < 1.29 is 4.79 Å². The Morgan fingerprint density at radius 2 is 1.35 bits per heavy atom. The minimum Gasteiger partial charge on any atom is -0.292 e. The summed E-state index contributed by atoms with van der Waals surface area (Å²) in [5.74, 6) is 0.967. The number of carbonyl (C=O) groups is 1. The highest BCUT2D eigenvalue weighted by Crippen LogP contribution is 2.19. The summed E-state index contributed by atoms with van der Waals surface area (Å²) in [6, 6.07) is 3.18.